The molecule has 1 amide bonds. The highest BCUT2D eigenvalue weighted by molar-refractivity contribution is 5.77. The van der Waals surface area contributed by atoms with Gasteiger partial charge in [-0.3, -0.25) is 9.69 Å². The molecule has 0 N–H and O–H groups in total. The molecular formula is C13H24N2O. The van der Waals surface area contributed by atoms with Crippen molar-refractivity contribution in [1.82, 2.24) is 9.80 Å². The predicted octanol–water partition coefficient (Wildman–Crippen LogP) is 1.59. The van der Waals surface area contributed by atoms with Gasteiger partial charge in [-0.2, -0.15) is 0 Å². The SMILES string of the molecule is CC(C)CC(=O)N1CC2(C1)CN(C(C)C)C2. The third-order valence-electron chi connectivity index (χ3n) is 3.80. The number of hydrogen-bond donors (Lipinski definition) is 0. The Hall–Kier alpha value is -0.570. The molecule has 0 aromatic heterocycles. The summed E-state index contributed by atoms with van der Waals surface area (Å²) >= 11 is 0. The summed E-state index contributed by atoms with van der Waals surface area (Å²) in [6.07, 6.45) is 0.712. The molecule has 0 aromatic rings. The van der Waals surface area contributed by atoms with E-state index in [1.165, 1.54) is 13.1 Å². The second-order valence-corrected chi connectivity index (χ2v) is 6.35. The van der Waals surface area contributed by atoms with Crippen molar-refractivity contribution in [3.63, 3.8) is 0 Å². The Morgan fingerprint density at radius 2 is 1.69 bits per heavy atom. The van der Waals surface area contributed by atoms with Gasteiger partial charge in [0, 0.05) is 44.1 Å². The van der Waals surface area contributed by atoms with Crippen LogP contribution in [0.5, 0.6) is 0 Å². The van der Waals surface area contributed by atoms with Gasteiger partial charge in [0.15, 0.2) is 0 Å². The Morgan fingerprint density at radius 1 is 1.12 bits per heavy atom. The van der Waals surface area contributed by atoms with E-state index in [4.69, 9.17) is 0 Å². The lowest BCUT2D eigenvalue weighted by Crippen LogP contribution is -2.73. The lowest BCUT2D eigenvalue weighted by molar-refractivity contribution is -0.162. The van der Waals surface area contributed by atoms with Crippen LogP contribution < -0.4 is 0 Å². The van der Waals surface area contributed by atoms with Gasteiger partial charge in [0.25, 0.3) is 0 Å². The molecule has 2 aliphatic heterocycles. The Labute approximate surface area is 98.8 Å². The average Bonchev–Trinajstić information content (AvgIpc) is 1.95. The van der Waals surface area contributed by atoms with E-state index in [2.05, 4.69) is 32.6 Å². The molecular weight excluding hydrogens is 200 g/mol. The van der Waals surface area contributed by atoms with Gasteiger partial charge in [-0.1, -0.05) is 13.8 Å². The van der Waals surface area contributed by atoms with E-state index in [1.54, 1.807) is 0 Å². The van der Waals surface area contributed by atoms with Crippen LogP contribution in [0, 0.1) is 11.3 Å². The molecule has 0 radical (unpaired) electrons. The van der Waals surface area contributed by atoms with Crippen molar-refractivity contribution < 1.29 is 4.79 Å². The summed E-state index contributed by atoms with van der Waals surface area (Å²) in [5.74, 6) is 0.834. The van der Waals surface area contributed by atoms with Crippen molar-refractivity contribution in [3.05, 3.63) is 0 Å². The number of hydrogen-bond acceptors (Lipinski definition) is 2. The lowest BCUT2D eigenvalue weighted by Gasteiger charge is -2.61. The molecule has 0 saturated carbocycles. The fourth-order valence-corrected chi connectivity index (χ4v) is 2.80. The monoisotopic (exact) mass is 224 g/mol. The van der Waals surface area contributed by atoms with Gasteiger partial charge in [-0.25, -0.2) is 0 Å². The first-order valence-electron chi connectivity index (χ1n) is 6.44. The average molecular weight is 224 g/mol. The van der Waals surface area contributed by atoms with Crippen LogP contribution in [0.25, 0.3) is 0 Å². The van der Waals surface area contributed by atoms with Crippen LogP contribution in [0.2, 0.25) is 0 Å². The number of nitrogens with zero attached hydrogens (tertiary/aromatic N) is 2. The molecule has 1 spiro atoms. The third kappa shape index (κ3) is 2.10. The first-order valence-corrected chi connectivity index (χ1v) is 6.44. The Balaban J connectivity index is 1.73. The summed E-state index contributed by atoms with van der Waals surface area (Å²) in [5.41, 5.74) is 0.469. The van der Waals surface area contributed by atoms with E-state index in [9.17, 15) is 4.79 Å². The molecule has 3 nitrogen and oxygen atoms in total. The number of likely N-dealkylation sites (tertiary alicyclic amines) is 2. The number of amides is 1. The largest absolute Gasteiger partial charge is 0.341 e. The second-order valence-electron chi connectivity index (χ2n) is 6.35. The van der Waals surface area contributed by atoms with Gasteiger partial charge in [-0.15, -0.1) is 0 Å². The summed E-state index contributed by atoms with van der Waals surface area (Å²) < 4.78 is 0. The maximum Gasteiger partial charge on any atom is 0.222 e. The topological polar surface area (TPSA) is 23.6 Å². The first kappa shape index (κ1) is 11.9. The fraction of sp³-hybridized carbons (Fsp3) is 0.923. The van der Waals surface area contributed by atoms with Crippen molar-refractivity contribution >= 4 is 5.91 Å². The zero-order valence-electron chi connectivity index (χ0n) is 11.0. The van der Waals surface area contributed by atoms with Gasteiger partial charge in [0.1, 0.15) is 0 Å². The number of rotatable bonds is 3. The zero-order valence-corrected chi connectivity index (χ0v) is 11.0. The van der Waals surface area contributed by atoms with E-state index in [1.807, 2.05) is 4.90 Å². The van der Waals surface area contributed by atoms with Crippen molar-refractivity contribution in [2.24, 2.45) is 11.3 Å². The summed E-state index contributed by atoms with van der Waals surface area (Å²) in [7, 11) is 0. The van der Waals surface area contributed by atoms with Crippen molar-refractivity contribution in [1.29, 1.82) is 0 Å². The standard InChI is InChI=1S/C13H24N2O/c1-10(2)5-12(16)15-8-13(9-15)6-14(7-13)11(3)4/h10-11H,5-9H2,1-4H3. The molecule has 2 aliphatic rings. The van der Waals surface area contributed by atoms with Crippen molar-refractivity contribution in [3.8, 4) is 0 Å². The highest BCUT2D eigenvalue weighted by Gasteiger charge is 2.53. The molecule has 0 aliphatic carbocycles. The molecule has 0 atom stereocenters. The van der Waals surface area contributed by atoms with E-state index in [-0.39, 0.29) is 0 Å². The fourth-order valence-electron chi connectivity index (χ4n) is 2.80. The zero-order chi connectivity index (χ0) is 11.9. The van der Waals surface area contributed by atoms with Crippen LogP contribution in [0.1, 0.15) is 34.1 Å². The molecule has 16 heavy (non-hydrogen) atoms. The Kier molecular flexibility index (Phi) is 2.99. The Morgan fingerprint density at radius 3 is 2.12 bits per heavy atom. The molecule has 0 bridgehead atoms. The van der Waals surface area contributed by atoms with Crippen LogP contribution >= 0.6 is 0 Å². The maximum atomic E-state index is 11.8. The molecule has 0 aromatic carbocycles. The van der Waals surface area contributed by atoms with E-state index >= 15 is 0 Å². The predicted molar refractivity (Wildman–Crippen MR) is 65.2 cm³/mol. The smallest absolute Gasteiger partial charge is 0.222 e. The molecule has 2 heterocycles. The van der Waals surface area contributed by atoms with E-state index < -0.39 is 0 Å². The van der Waals surface area contributed by atoms with Crippen LogP contribution in [-0.2, 0) is 4.79 Å². The molecule has 2 rings (SSSR count). The second kappa shape index (κ2) is 4.02. The van der Waals surface area contributed by atoms with Crippen LogP contribution in [0.3, 0.4) is 0 Å². The molecule has 92 valence electrons. The van der Waals surface area contributed by atoms with E-state index in [0.717, 1.165) is 13.1 Å². The normalized spacial score (nSPS) is 23.8. The summed E-state index contributed by atoms with van der Waals surface area (Å²) in [4.78, 5) is 16.3. The van der Waals surface area contributed by atoms with Crippen LogP contribution in [-0.4, -0.2) is 47.9 Å². The van der Waals surface area contributed by atoms with Crippen LogP contribution in [0.4, 0.5) is 0 Å². The maximum absolute atomic E-state index is 11.8. The van der Waals surface area contributed by atoms with Crippen LogP contribution in [0.15, 0.2) is 0 Å². The van der Waals surface area contributed by atoms with Gasteiger partial charge in [0.05, 0.1) is 0 Å². The highest BCUT2D eigenvalue weighted by atomic mass is 16.2. The summed E-state index contributed by atoms with van der Waals surface area (Å²) in [6.45, 7) is 13.1. The Bertz CT molecular complexity index is 272. The molecule has 3 heteroatoms. The number of carbonyl (C=O) groups is 1. The minimum atomic E-state index is 0.351. The highest BCUT2D eigenvalue weighted by Crippen LogP contribution is 2.40. The quantitative estimate of drug-likeness (QED) is 0.727. The number of carbonyl (C=O) groups excluding carboxylic acids is 1. The molecule has 0 unspecified atom stereocenters. The summed E-state index contributed by atoms with van der Waals surface area (Å²) in [5, 5.41) is 0. The lowest BCUT2D eigenvalue weighted by atomic mass is 9.72. The van der Waals surface area contributed by atoms with Gasteiger partial charge in [0.2, 0.25) is 5.91 Å². The van der Waals surface area contributed by atoms with Gasteiger partial charge in [-0.05, 0) is 19.8 Å². The minimum Gasteiger partial charge on any atom is -0.341 e. The summed E-state index contributed by atoms with van der Waals surface area (Å²) in [6, 6.07) is 0.658. The molecule has 2 fully saturated rings. The first-order chi connectivity index (χ1) is 7.42. The van der Waals surface area contributed by atoms with Gasteiger partial charge < -0.3 is 4.90 Å². The van der Waals surface area contributed by atoms with E-state index in [0.29, 0.717) is 29.7 Å². The molecule has 2 saturated heterocycles. The minimum absolute atomic E-state index is 0.351. The third-order valence-corrected chi connectivity index (χ3v) is 3.80. The van der Waals surface area contributed by atoms with Gasteiger partial charge >= 0.3 is 0 Å². The van der Waals surface area contributed by atoms with Crippen molar-refractivity contribution in [2.75, 3.05) is 26.2 Å². The van der Waals surface area contributed by atoms with Crippen molar-refractivity contribution in [2.45, 2.75) is 40.2 Å².